The van der Waals surface area contributed by atoms with Crippen LogP contribution in [-0.4, -0.2) is 68.2 Å². The van der Waals surface area contributed by atoms with Crippen LogP contribution in [0.4, 0.5) is 4.79 Å². The van der Waals surface area contributed by atoms with Gasteiger partial charge in [-0.15, -0.1) is 0 Å². The van der Waals surface area contributed by atoms with Gasteiger partial charge in [0.2, 0.25) is 5.91 Å². The van der Waals surface area contributed by atoms with Crippen LogP contribution in [-0.2, 0) is 19.1 Å². The molecule has 0 aromatic rings. The molecule has 2 aliphatic heterocycles. The van der Waals surface area contributed by atoms with Crippen molar-refractivity contribution in [2.45, 2.75) is 70.6 Å². The molecule has 0 aromatic heterocycles. The van der Waals surface area contributed by atoms with Crippen molar-refractivity contribution in [1.29, 1.82) is 0 Å². The first-order chi connectivity index (χ1) is 11.9. The predicted molar refractivity (Wildman–Crippen MR) is 101 cm³/mol. The molecule has 2 rings (SSSR count). The summed E-state index contributed by atoms with van der Waals surface area (Å²) in [6, 6.07) is 0.341. The fourth-order valence-corrected chi connectivity index (χ4v) is 3.96. The van der Waals surface area contributed by atoms with Crippen LogP contribution < -0.4 is 5.32 Å². The van der Waals surface area contributed by atoms with Crippen molar-refractivity contribution in [3.8, 4) is 0 Å². The SMILES string of the molecule is CC(C)(C)OC(=O)N1C[C@@H](CC(=O)COCC[Si](C)(C)C)[C@H]2NC(=O)[C@H]21. The van der Waals surface area contributed by atoms with Gasteiger partial charge in [-0.3, -0.25) is 14.5 Å². The quantitative estimate of drug-likeness (QED) is 0.412. The number of hydrogen-bond acceptors (Lipinski definition) is 5. The maximum absolute atomic E-state index is 12.4. The minimum atomic E-state index is -1.17. The number of Topliss-reactive ketones (excluding diaryl/α,β-unsaturated/α-hetero) is 1. The fourth-order valence-electron chi connectivity index (χ4n) is 3.20. The van der Waals surface area contributed by atoms with E-state index in [1.165, 1.54) is 4.90 Å². The average molecular weight is 385 g/mol. The molecule has 2 fully saturated rings. The number of hydrogen-bond donors (Lipinski definition) is 1. The van der Waals surface area contributed by atoms with E-state index in [4.69, 9.17) is 9.47 Å². The average Bonchev–Trinajstić information content (AvgIpc) is 2.73. The number of ketones is 1. The van der Waals surface area contributed by atoms with E-state index in [0.29, 0.717) is 19.6 Å². The molecule has 8 heteroatoms. The number of ether oxygens (including phenoxy) is 2. The van der Waals surface area contributed by atoms with Gasteiger partial charge in [0, 0.05) is 33.6 Å². The molecule has 7 nitrogen and oxygen atoms in total. The molecule has 2 aliphatic rings. The zero-order valence-electron chi connectivity index (χ0n) is 16.8. The second-order valence-electron chi connectivity index (χ2n) is 9.48. The van der Waals surface area contributed by atoms with E-state index in [9.17, 15) is 14.4 Å². The van der Waals surface area contributed by atoms with Gasteiger partial charge in [0.05, 0.1) is 6.04 Å². The lowest BCUT2D eigenvalue weighted by atomic mass is 9.88. The number of rotatable bonds is 7. The Morgan fingerprint density at radius 2 is 1.92 bits per heavy atom. The molecule has 2 amide bonds. The summed E-state index contributed by atoms with van der Waals surface area (Å²) in [5, 5.41) is 2.82. The van der Waals surface area contributed by atoms with Gasteiger partial charge in [-0.25, -0.2) is 4.79 Å². The zero-order chi connectivity index (χ0) is 19.7. The molecular formula is C18H32N2O5Si. The van der Waals surface area contributed by atoms with Gasteiger partial charge in [0.25, 0.3) is 0 Å². The van der Waals surface area contributed by atoms with Crippen molar-refractivity contribution in [2.75, 3.05) is 19.8 Å². The zero-order valence-corrected chi connectivity index (χ0v) is 17.8. The summed E-state index contributed by atoms with van der Waals surface area (Å²) >= 11 is 0. The molecule has 0 radical (unpaired) electrons. The van der Waals surface area contributed by atoms with E-state index in [2.05, 4.69) is 25.0 Å². The van der Waals surface area contributed by atoms with Crippen LogP contribution in [0.5, 0.6) is 0 Å². The largest absolute Gasteiger partial charge is 0.444 e. The summed E-state index contributed by atoms with van der Waals surface area (Å²) in [7, 11) is -1.17. The number of nitrogens with zero attached hydrogens (tertiary/aromatic N) is 1. The highest BCUT2D eigenvalue weighted by Crippen LogP contribution is 2.33. The van der Waals surface area contributed by atoms with Gasteiger partial charge < -0.3 is 14.8 Å². The summed E-state index contributed by atoms with van der Waals surface area (Å²) in [5.41, 5.74) is -0.620. The number of β-lactam (4-membered cyclic amide) rings is 1. The monoisotopic (exact) mass is 384 g/mol. The first-order valence-electron chi connectivity index (χ1n) is 9.27. The number of nitrogens with one attached hydrogen (secondary N) is 1. The summed E-state index contributed by atoms with van der Waals surface area (Å²) in [6.45, 7) is 13.2. The Balaban J connectivity index is 1.84. The number of carbonyl (C=O) groups is 3. The number of carbonyl (C=O) groups excluding carboxylic acids is 3. The minimum absolute atomic E-state index is 0.0107. The Morgan fingerprint density at radius 3 is 2.46 bits per heavy atom. The van der Waals surface area contributed by atoms with Crippen molar-refractivity contribution in [1.82, 2.24) is 10.2 Å². The molecule has 2 saturated heterocycles. The van der Waals surface area contributed by atoms with Crippen molar-refractivity contribution in [2.24, 2.45) is 5.92 Å². The lowest BCUT2D eigenvalue weighted by Crippen LogP contribution is -2.66. The summed E-state index contributed by atoms with van der Waals surface area (Å²) in [5.74, 6) is -0.253. The topological polar surface area (TPSA) is 84.9 Å². The normalized spacial score (nSPS) is 25.4. The third kappa shape index (κ3) is 5.54. The van der Waals surface area contributed by atoms with Gasteiger partial charge in [-0.2, -0.15) is 0 Å². The molecule has 0 aliphatic carbocycles. The lowest BCUT2D eigenvalue weighted by Gasteiger charge is -2.37. The van der Waals surface area contributed by atoms with E-state index in [1.54, 1.807) is 20.8 Å². The number of fused-ring (bicyclic) bond motifs is 1. The van der Waals surface area contributed by atoms with Crippen LogP contribution >= 0.6 is 0 Å². The van der Waals surface area contributed by atoms with Gasteiger partial charge in [0.15, 0.2) is 5.78 Å². The molecule has 3 atom stereocenters. The molecule has 1 N–H and O–H groups in total. The van der Waals surface area contributed by atoms with Gasteiger partial charge >= 0.3 is 6.09 Å². The Morgan fingerprint density at radius 1 is 1.27 bits per heavy atom. The Hall–Kier alpha value is -1.41. The molecule has 0 unspecified atom stereocenters. The van der Waals surface area contributed by atoms with Crippen molar-refractivity contribution < 1.29 is 23.9 Å². The summed E-state index contributed by atoms with van der Waals surface area (Å²) in [6.07, 6.45) is -0.197. The van der Waals surface area contributed by atoms with Crippen LogP contribution in [0, 0.1) is 5.92 Å². The van der Waals surface area contributed by atoms with E-state index >= 15 is 0 Å². The van der Waals surface area contributed by atoms with E-state index in [0.717, 1.165) is 6.04 Å². The first-order valence-corrected chi connectivity index (χ1v) is 13.0. The fraction of sp³-hybridized carbons (Fsp3) is 0.833. The van der Waals surface area contributed by atoms with Crippen LogP contribution in [0.1, 0.15) is 27.2 Å². The second kappa shape index (κ2) is 7.68. The van der Waals surface area contributed by atoms with E-state index < -0.39 is 25.8 Å². The van der Waals surface area contributed by atoms with E-state index in [-0.39, 0.29) is 30.3 Å². The molecule has 0 spiro atoms. The second-order valence-corrected chi connectivity index (χ2v) is 15.1. The van der Waals surface area contributed by atoms with Crippen LogP contribution in [0.3, 0.4) is 0 Å². The van der Waals surface area contributed by atoms with Crippen LogP contribution in [0.25, 0.3) is 0 Å². The van der Waals surface area contributed by atoms with Gasteiger partial charge in [-0.05, 0) is 26.8 Å². The maximum atomic E-state index is 12.4. The lowest BCUT2D eigenvalue weighted by molar-refractivity contribution is -0.135. The van der Waals surface area contributed by atoms with Crippen molar-refractivity contribution in [3.63, 3.8) is 0 Å². The van der Waals surface area contributed by atoms with Crippen molar-refractivity contribution >= 4 is 25.9 Å². The first kappa shape index (κ1) is 20.9. The molecule has 0 aromatic carbocycles. The minimum Gasteiger partial charge on any atom is -0.444 e. The summed E-state index contributed by atoms with van der Waals surface area (Å²) < 4.78 is 10.9. The molecule has 26 heavy (non-hydrogen) atoms. The highest BCUT2D eigenvalue weighted by Gasteiger charge is 2.56. The molecular weight excluding hydrogens is 352 g/mol. The number of likely N-dealkylation sites (tertiary alicyclic amines) is 1. The Bertz CT molecular complexity index is 567. The molecule has 0 bridgehead atoms. The van der Waals surface area contributed by atoms with Gasteiger partial charge in [-0.1, -0.05) is 19.6 Å². The summed E-state index contributed by atoms with van der Waals surface area (Å²) in [4.78, 5) is 37.9. The molecule has 148 valence electrons. The number of amides is 2. The predicted octanol–water partition coefficient (Wildman–Crippen LogP) is 2.03. The van der Waals surface area contributed by atoms with Crippen LogP contribution in [0.2, 0.25) is 25.7 Å². The maximum Gasteiger partial charge on any atom is 0.411 e. The van der Waals surface area contributed by atoms with Crippen LogP contribution in [0.15, 0.2) is 0 Å². The highest BCUT2D eigenvalue weighted by molar-refractivity contribution is 6.76. The van der Waals surface area contributed by atoms with E-state index in [1.807, 2.05) is 0 Å². The third-order valence-electron chi connectivity index (χ3n) is 4.57. The van der Waals surface area contributed by atoms with Crippen molar-refractivity contribution in [3.05, 3.63) is 0 Å². The third-order valence-corrected chi connectivity index (χ3v) is 6.27. The van der Waals surface area contributed by atoms with Gasteiger partial charge in [0.1, 0.15) is 18.2 Å². The molecule has 0 saturated carbocycles. The standard InChI is InChI=1S/C18H32N2O5Si/c1-18(2,3)25-17(23)20-10-12(14-15(20)16(22)19-14)9-13(21)11-24-7-8-26(4,5)6/h12,14-15H,7-11H2,1-6H3,(H,19,22)/t12-,14-,15+/m1/s1. The smallest absolute Gasteiger partial charge is 0.411 e. The highest BCUT2D eigenvalue weighted by atomic mass is 28.3. The Labute approximate surface area is 156 Å². The molecule has 2 heterocycles. The Kier molecular flexibility index (Phi) is 6.17.